The smallest absolute Gasteiger partial charge is 0.134 e. The van der Waals surface area contributed by atoms with Gasteiger partial charge in [0.1, 0.15) is 23.8 Å². The molecule has 1 heterocycles. The molecular formula is C12H10N2O2. The van der Waals surface area contributed by atoms with Crippen LogP contribution >= 0.6 is 0 Å². The second-order valence-electron chi connectivity index (χ2n) is 3.35. The molecule has 0 atom stereocenters. The molecule has 1 aromatic carbocycles. The van der Waals surface area contributed by atoms with Gasteiger partial charge in [0, 0.05) is 6.07 Å². The van der Waals surface area contributed by atoms with E-state index in [0.717, 1.165) is 11.5 Å². The molecule has 0 amide bonds. The van der Waals surface area contributed by atoms with Gasteiger partial charge in [-0.1, -0.05) is 5.16 Å². The van der Waals surface area contributed by atoms with Crippen LogP contribution in [0.3, 0.4) is 0 Å². The van der Waals surface area contributed by atoms with Crippen LogP contribution in [0.4, 0.5) is 0 Å². The Morgan fingerprint density at radius 3 is 2.69 bits per heavy atom. The van der Waals surface area contributed by atoms with E-state index in [9.17, 15) is 0 Å². The van der Waals surface area contributed by atoms with Crippen molar-refractivity contribution in [1.82, 2.24) is 5.16 Å². The summed E-state index contributed by atoms with van der Waals surface area (Å²) in [4.78, 5) is 0. The second kappa shape index (κ2) is 4.49. The zero-order chi connectivity index (χ0) is 11.4. The molecule has 4 heteroatoms. The van der Waals surface area contributed by atoms with E-state index in [1.807, 2.05) is 19.1 Å². The van der Waals surface area contributed by atoms with Crippen molar-refractivity contribution in [3.05, 3.63) is 47.3 Å². The highest BCUT2D eigenvalue weighted by Crippen LogP contribution is 2.13. The van der Waals surface area contributed by atoms with Crippen molar-refractivity contribution in [2.45, 2.75) is 13.5 Å². The molecule has 0 fully saturated rings. The standard InChI is InChI=1S/C12H10N2O2/c1-9-6-11(14-16-9)8-15-12-4-2-10(7-13)3-5-12/h2-6H,8H2,1H3. The number of rotatable bonds is 3. The number of hydrogen-bond acceptors (Lipinski definition) is 4. The Labute approximate surface area is 93.1 Å². The van der Waals surface area contributed by atoms with E-state index in [1.165, 1.54) is 0 Å². The Morgan fingerprint density at radius 1 is 1.38 bits per heavy atom. The van der Waals surface area contributed by atoms with E-state index in [4.69, 9.17) is 14.5 Å². The summed E-state index contributed by atoms with van der Waals surface area (Å²) in [6.07, 6.45) is 0. The lowest BCUT2D eigenvalue weighted by atomic mass is 10.2. The minimum Gasteiger partial charge on any atom is -0.487 e. The molecule has 0 aliphatic rings. The Morgan fingerprint density at radius 2 is 2.12 bits per heavy atom. The fourth-order valence-electron chi connectivity index (χ4n) is 1.27. The summed E-state index contributed by atoms with van der Waals surface area (Å²) in [6.45, 7) is 2.20. The lowest BCUT2D eigenvalue weighted by molar-refractivity contribution is 0.288. The zero-order valence-electron chi connectivity index (χ0n) is 8.80. The van der Waals surface area contributed by atoms with Gasteiger partial charge >= 0.3 is 0 Å². The lowest BCUT2D eigenvalue weighted by Crippen LogP contribution is -1.95. The summed E-state index contributed by atoms with van der Waals surface area (Å²) in [5.74, 6) is 1.47. The van der Waals surface area contributed by atoms with Crippen LogP contribution in [0.1, 0.15) is 17.0 Å². The number of aryl methyl sites for hydroxylation is 1. The monoisotopic (exact) mass is 214 g/mol. The first kappa shape index (κ1) is 10.2. The molecule has 0 bridgehead atoms. The molecule has 16 heavy (non-hydrogen) atoms. The zero-order valence-corrected chi connectivity index (χ0v) is 8.80. The summed E-state index contributed by atoms with van der Waals surface area (Å²) < 4.78 is 10.4. The number of benzene rings is 1. The second-order valence-corrected chi connectivity index (χ2v) is 3.35. The summed E-state index contributed by atoms with van der Waals surface area (Å²) in [7, 11) is 0. The van der Waals surface area contributed by atoms with Crippen LogP contribution in [0.15, 0.2) is 34.9 Å². The van der Waals surface area contributed by atoms with Crippen molar-refractivity contribution < 1.29 is 9.26 Å². The number of hydrogen-bond donors (Lipinski definition) is 0. The first-order valence-corrected chi connectivity index (χ1v) is 4.83. The number of aromatic nitrogens is 1. The van der Waals surface area contributed by atoms with Gasteiger partial charge in [-0.05, 0) is 31.2 Å². The highest BCUT2D eigenvalue weighted by Gasteiger charge is 2.01. The largest absolute Gasteiger partial charge is 0.487 e. The predicted octanol–water partition coefficient (Wildman–Crippen LogP) is 2.43. The first-order valence-electron chi connectivity index (χ1n) is 4.83. The molecule has 0 saturated heterocycles. The van der Waals surface area contributed by atoms with E-state index in [0.29, 0.717) is 17.9 Å². The van der Waals surface area contributed by atoms with E-state index in [-0.39, 0.29) is 0 Å². The minimum absolute atomic E-state index is 0.364. The minimum atomic E-state index is 0.364. The predicted molar refractivity (Wildman–Crippen MR) is 56.7 cm³/mol. The van der Waals surface area contributed by atoms with Crippen LogP contribution in [0.2, 0.25) is 0 Å². The van der Waals surface area contributed by atoms with E-state index < -0.39 is 0 Å². The Kier molecular flexibility index (Phi) is 2.88. The molecule has 2 rings (SSSR count). The van der Waals surface area contributed by atoms with Crippen molar-refractivity contribution in [3.8, 4) is 11.8 Å². The van der Waals surface area contributed by atoms with Gasteiger partial charge in [0.05, 0.1) is 11.6 Å². The van der Waals surface area contributed by atoms with Gasteiger partial charge in [-0.15, -0.1) is 0 Å². The van der Waals surface area contributed by atoms with Gasteiger partial charge in [0.2, 0.25) is 0 Å². The molecule has 0 N–H and O–H groups in total. The Balaban J connectivity index is 1.97. The normalized spacial score (nSPS) is 9.75. The fraction of sp³-hybridized carbons (Fsp3) is 0.167. The van der Waals surface area contributed by atoms with Crippen molar-refractivity contribution in [3.63, 3.8) is 0 Å². The van der Waals surface area contributed by atoms with Gasteiger partial charge in [-0.25, -0.2) is 0 Å². The van der Waals surface area contributed by atoms with Gasteiger partial charge < -0.3 is 9.26 Å². The summed E-state index contributed by atoms with van der Waals surface area (Å²) >= 11 is 0. The third-order valence-electron chi connectivity index (χ3n) is 2.05. The average molecular weight is 214 g/mol. The topological polar surface area (TPSA) is 59.0 Å². The van der Waals surface area contributed by atoms with Crippen LogP contribution in [0.5, 0.6) is 5.75 Å². The highest BCUT2D eigenvalue weighted by atomic mass is 16.5. The molecule has 80 valence electrons. The van der Waals surface area contributed by atoms with Gasteiger partial charge in [0.15, 0.2) is 0 Å². The molecule has 1 aromatic heterocycles. The number of nitrogens with zero attached hydrogens (tertiary/aromatic N) is 2. The molecule has 0 unspecified atom stereocenters. The molecule has 0 aliphatic heterocycles. The summed E-state index contributed by atoms with van der Waals surface area (Å²) in [6, 6.07) is 10.8. The molecule has 0 spiro atoms. The van der Waals surface area contributed by atoms with Gasteiger partial charge in [-0.3, -0.25) is 0 Å². The average Bonchev–Trinajstić information content (AvgIpc) is 2.73. The molecule has 0 saturated carbocycles. The molecule has 2 aromatic rings. The number of ether oxygens (including phenoxy) is 1. The summed E-state index contributed by atoms with van der Waals surface area (Å²) in [5, 5.41) is 12.4. The maximum absolute atomic E-state index is 8.63. The van der Waals surface area contributed by atoms with Crippen molar-refractivity contribution >= 4 is 0 Å². The quantitative estimate of drug-likeness (QED) is 0.787. The SMILES string of the molecule is Cc1cc(COc2ccc(C#N)cc2)no1. The third kappa shape index (κ3) is 2.39. The molecule has 0 aliphatic carbocycles. The first-order chi connectivity index (χ1) is 7.78. The maximum Gasteiger partial charge on any atom is 0.134 e. The van der Waals surface area contributed by atoms with Gasteiger partial charge in [-0.2, -0.15) is 5.26 Å². The fourth-order valence-corrected chi connectivity index (χ4v) is 1.27. The third-order valence-corrected chi connectivity index (χ3v) is 2.05. The lowest BCUT2D eigenvalue weighted by Gasteiger charge is -2.02. The molecular weight excluding hydrogens is 204 g/mol. The van der Waals surface area contributed by atoms with Crippen LogP contribution in [0, 0.1) is 18.3 Å². The highest BCUT2D eigenvalue weighted by molar-refractivity contribution is 5.34. The molecule has 0 radical (unpaired) electrons. The van der Waals surface area contributed by atoms with Gasteiger partial charge in [0.25, 0.3) is 0 Å². The summed E-state index contributed by atoms with van der Waals surface area (Å²) in [5.41, 5.74) is 1.37. The molecule has 4 nitrogen and oxygen atoms in total. The Hall–Kier alpha value is -2.28. The van der Waals surface area contributed by atoms with Crippen LogP contribution in [0.25, 0.3) is 0 Å². The van der Waals surface area contributed by atoms with Crippen molar-refractivity contribution in [2.75, 3.05) is 0 Å². The van der Waals surface area contributed by atoms with E-state index >= 15 is 0 Å². The van der Waals surface area contributed by atoms with E-state index in [1.54, 1.807) is 24.3 Å². The van der Waals surface area contributed by atoms with E-state index in [2.05, 4.69) is 5.16 Å². The van der Waals surface area contributed by atoms with Crippen molar-refractivity contribution in [1.29, 1.82) is 5.26 Å². The van der Waals surface area contributed by atoms with Crippen LogP contribution in [-0.2, 0) is 6.61 Å². The number of nitriles is 1. The van der Waals surface area contributed by atoms with Crippen molar-refractivity contribution in [2.24, 2.45) is 0 Å². The maximum atomic E-state index is 8.63. The Bertz CT molecular complexity index is 509. The van der Waals surface area contributed by atoms with Crippen LogP contribution < -0.4 is 4.74 Å². The van der Waals surface area contributed by atoms with Crippen LogP contribution in [-0.4, -0.2) is 5.16 Å².